The number of rotatable bonds is 25. The van der Waals surface area contributed by atoms with Gasteiger partial charge in [0.1, 0.15) is 90.7 Å². The van der Waals surface area contributed by atoms with Gasteiger partial charge in [-0.25, -0.2) is 17.9 Å². The molecule has 1 aromatic heterocycles. The molecular weight excluding hydrogens is 1230 g/mol. The van der Waals surface area contributed by atoms with Gasteiger partial charge in [0.05, 0.1) is 44.3 Å². The molecule has 25 nitrogen and oxygen atoms in total. The van der Waals surface area contributed by atoms with Gasteiger partial charge in [0.15, 0.2) is 36.1 Å². The van der Waals surface area contributed by atoms with Crippen molar-refractivity contribution in [2.24, 2.45) is 17.8 Å². The fourth-order valence-electron chi connectivity index (χ4n) is 13.9. The molecule has 4 aliphatic heterocycles. The highest BCUT2D eigenvalue weighted by Gasteiger charge is 2.54. The third-order valence-electron chi connectivity index (χ3n) is 19.3. The van der Waals surface area contributed by atoms with Crippen LogP contribution in [0.4, 0.5) is 13.2 Å². The maximum absolute atomic E-state index is 14.7. The summed E-state index contributed by atoms with van der Waals surface area (Å²) in [5.74, 6) is -7.82. The fraction of sp³-hybridized carbons (Fsp3) is 0.662. The Morgan fingerprint density at radius 3 is 2.16 bits per heavy atom. The van der Waals surface area contributed by atoms with Gasteiger partial charge in [-0.05, 0) is 85.4 Å². The molecule has 2 aliphatic carbocycles. The van der Waals surface area contributed by atoms with E-state index < -0.39 is 171 Å². The lowest BCUT2D eigenvalue weighted by molar-refractivity contribution is -0.338. The Hall–Kier alpha value is -5.67. The zero-order valence-corrected chi connectivity index (χ0v) is 52.2. The first-order chi connectivity index (χ1) is 44.7. The van der Waals surface area contributed by atoms with Crippen molar-refractivity contribution in [2.45, 2.75) is 221 Å². The number of fused-ring (bicyclic) bond motifs is 1. The van der Waals surface area contributed by atoms with Crippen LogP contribution in [0.5, 0.6) is 0 Å². The summed E-state index contributed by atoms with van der Waals surface area (Å²) in [4.78, 5) is 58.4. The van der Waals surface area contributed by atoms with Crippen molar-refractivity contribution >= 4 is 34.3 Å². The number of hydrogen-bond acceptors (Lipinski definition) is 21. The fourth-order valence-corrected chi connectivity index (χ4v) is 13.9. The molecule has 21 atom stereocenters. The number of ether oxygens (including phenoxy) is 7. The van der Waals surface area contributed by atoms with Gasteiger partial charge >= 0.3 is 0 Å². The Kier molecular flexibility index (Phi) is 23.7. The number of aliphatic hydroxyl groups is 8. The van der Waals surface area contributed by atoms with Gasteiger partial charge in [-0.15, -0.1) is 5.10 Å². The van der Waals surface area contributed by atoms with Crippen LogP contribution in [-0.4, -0.2) is 227 Å². The molecule has 0 spiro atoms. The van der Waals surface area contributed by atoms with Crippen molar-refractivity contribution in [2.75, 3.05) is 32.8 Å². The Bertz CT molecular complexity index is 3160. The summed E-state index contributed by atoms with van der Waals surface area (Å²) in [6.45, 7) is 3.72. The highest BCUT2D eigenvalue weighted by molar-refractivity contribution is 5.84. The van der Waals surface area contributed by atoms with Crippen LogP contribution in [0.15, 0.2) is 60.8 Å². The Morgan fingerprint density at radius 2 is 1.48 bits per heavy atom. The van der Waals surface area contributed by atoms with E-state index >= 15 is 0 Å². The number of nitrogens with zero attached hydrogens (tertiary/aromatic N) is 4. The molecule has 6 aliphatic rings. The molecular formula is C65H87F3N6O19. The van der Waals surface area contributed by atoms with Crippen LogP contribution in [-0.2, 0) is 58.9 Å². The Morgan fingerprint density at radius 1 is 0.774 bits per heavy atom. The maximum atomic E-state index is 14.7. The third-order valence-corrected chi connectivity index (χ3v) is 19.3. The first-order valence-corrected chi connectivity index (χ1v) is 32.4. The molecule has 10 N–H and O–H groups in total. The molecule has 28 heteroatoms. The number of carbonyl (C=O) groups is 4. The normalized spacial score (nSPS) is 33.4. The number of ketones is 1. The van der Waals surface area contributed by atoms with Gasteiger partial charge in [-0.3, -0.25) is 19.2 Å². The van der Waals surface area contributed by atoms with Crippen LogP contribution >= 0.6 is 0 Å². The van der Waals surface area contributed by atoms with E-state index in [1.54, 1.807) is 11.0 Å². The molecule has 8 unspecified atom stereocenters. The summed E-state index contributed by atoms with van der Waals surface area (Å²) in [7, 11) is 0. The van der Waals surface area contributed by atoms with Crippen molar-refractivity contribution in [1.29, 1.82) is 0 Å². The molecule has 93 heavy (non-hydrogen) atoms. The second-order valence-electron chi connectivity index (χ2n) is 25.6. The van der Waals surface area contributed by atoms with Crippen LogP contribution in [0.1, 0.15) is 109 Å². The van der Waals surface area contributed by atoms with Crippen molar-refractivity contribution in [3.63, 3.8) is 0 Å². The summed E-state index contributed by atoms with van der Waals surface area (Å²) in [5.41, 5.74) is 0.213. The van der Waals surface area contributed by atoms with E-state index in [9.17, 15) is 73.2 Å². The minimum atomic E-state index is -1.85. The zero-order chi connectivity index (χ0) is 66.4. The van der Waals surface area contributed by atoms with Gasteiger partial charge in [-0.2, -0.15) is 0 Å². The predicted octanol–water partition coefficient (Wildman–Crippen LogP) is 2.16. The summed E-state index contributed by atoms with van der Waals surface area (Å²) in [5, 5.41) is 105. The van der Waals surface area contributed by atoms with Gasteiger partial charge in [-0.1, -0.05) is 87.1 Å². The van der Waals surface area contributed by atoms with Crippen molar-refractivity contribution in [3.8, 4) is 11.3 Å². The molecule has 0 radical (unpaired) electrons. The van der Waals surface area contributed by atoms with Gasteiger partial charge in [0.25, 0.3) is 11.8 Å². The third kappa shape index (κ3) is 16.1. The number of aromatic nitrogens is 3. The largest absolute Gasteiger partial charge is 0.394 e. The highest BCUT2D eigenvalue weighted by atomic mass is 19.2. The van der Waals surface area contributed by atoms with E-state index in [1.165, 1.54) is 13.8 Å². The molecule has 4 saturated heterocycles. The number of likely N-dealkylation sites (tertiary alicyclic amines) is 1. The number of nitrogens with one attached hydrogen (secondary N) is 2. The number of Topliss-reactive ketones (excluding diaryl/α,β-unsaturated/α-hetero) is 1. The van der Waals surface area contributed by atoms with E-state index in [-0.39, 0.29) is 67.7 Å². The quantitative estimate of drug-likeness (QED) is 0.0336. The van der Waals surface area contributed by atoms with Crippen LogP contribution in [0.25, 0.3) is 22.0 Å². The lowest BCUT2D eigenvalue weighted by Crippen LogP contribution is -2.67. The van der Waals surface area contributed by atoms with E-state index in [4.69, 9.17) is 33.2 Å². The van der Waals surface area contributed by atoms with E-state index in [2.05, 4.69) is 20.9 Å². The van der Waals surface area contributed by atoms with Crippen LogP contribution < -0.4 is 10.6 Å². The lowest BCUT2D eigenvalue weighted by atomic mass is 9.74. The molecule has 3 amide bonds. The van der Waals surface area contributed by atoms with Crippen molar-refractivity contribution in [3.05, 3.63) is 83.8 Å². The first-order valence-electron chi connectivity index (χ1n) is 32.4. The average molecular weight is 1310 g/mol. The molecule has 5 heterocycles. The van der Waals surface area contributed by atoms with Gasteiger partial charge in [0.2, 0.25) is 5.91 Å². The monoisotopic (exact) mass is 1310 g/mol. The van der Waals surface area contributed by atoms with Gasteiger partial charge < -0.3 is 89.5 Å². The predicted molar refractivity (Wildman–Crippen MR) is 321 cm³/mol. The second-order valence-corrected chi connectivity index (χ2v) is 25.6. The number of amides is 3. The summed E-state index contributed by atoms with van der Waals surface area (Å²) in [6.07, 6.45) is -17.3. The van der Waals surface area contributed by atoms with E-state index in [0.29, 0.717) is 43.6 Å². The van der Waals surface area contributed by atoms with Gasteiger partial charge in [0, 0.05) is 44.5 Å². The Labute approximate surface area is 535 Å². The van der Waals surface area contributed by atoms with Crippen LogP contribution in [0.2, 0.25) is 0 Å². The van der Waals surface area contributed by atoms with Crippen molar-refractivity contribution < 1.29 is 106 Å². The minimum absolute atomic E-state index is 0.0471. The number of carbonyl (C=O) groups excluding carboxylic acids is 4. The topological polar surface area (TPSA) is 353 Å². The molecule has 6 fully saturated rings. The van der Waals surface area contributed by atoms with E-state index in [1.807, 2.05) is 43.3 Å². The summed E-state index contributed by atoms with van der Waals surface area (Å²) in [6, 6.07) is 11.5. The number of aliphatic hydroxyl groups excluding tert-OH is 8. The minimum Gasteiger partial charge on any atom is -0.394 e. The summed E-state index contributed by atoms with van der Waals surface area (Å²) >= 11 is 0. The SMILES string of the molecule is CC[C@@H]1CC(C(=O)CCCNC(=O)[C@@H](OCc2ccc3ccccc3c2)[C@@H]2OC(CO)[C@H](O)[C@@H](n3cc(-c4cc(F)c(F)c(F)c4)nn3)C2O)C[C@@H](O[C@@H]2O[C@@H](CO)[C@H](O)C(O[C@@H](CC3CCCCC3)C(=O)N3CCC3)C2NC(C)=O)C1OC1O[C@@H](C)[C@H](O)C(O)[C@@H]1O. The van der Waals surface area contributed by atoms with Crippen LogP contribution in [0, 0.1) is 35.2 Å². The highest BCUT2D eigenvalue weighted by Crippen LogP contribution is 2.42. The number of benzene rings is 3. The number of hydrogen-bond donors (Lipinski definition) is 10. The molecule has 10 rings (SSSR count). The first kappa shape index (κ1) is 70.1. The standard InChI is InChI=1S/C65H87F3N6O19/c1-4-36-24-40(27-45(58(36)93-65-57(84)56(83)52(79)32(2)88-65)91-64-50(70-33(3)77)59(54(81)48(30-76)92-64)89-46(63(86)73-20-11-21-73)23-34-12-6-5-7-13-34)44(78)16-10-19-69-62(85)61(87-31-35-17-18-37-14-8-9-15-38(37)22-35)60-55(82)51(53(80)47(29-75)90-60)74-28-43(71-72-74)39-25-41(66)49(68)42(67)26-39/h8-9,14-15,17-18,22,25-26,28,32,34,36,40,45-48,50-61,64-65,75-76,79-84H,4-7,10-13,16,19-21,23-24,27,29-31H2,1-3H3,(H,69,85)(H,70,77)/t32-,36+,40?,45+,46-,47?,48-,50?,51+,52-,53-,54-,55?,56?,57-,58?,59?,60+,61-,64+,65?/m0/s1. The molecule has 4 aromatic rings. The van der Waals surface area contributed by atoms with Crippen molar-refractivity contribution in [1.82, 2.24) is 30.5 Å². The lowest BCUT2D eigenvalue weighted by Gasteiger charge is -2.49. The second kappa shape index (κ2) is 31.5. The molecule has 512 valence electrons. The smallest absolute Gasteiger partial charge is 0.251 e. The number of halogens is 3. The Balaban J connectivity index is 0.878. The average Bonchev–Trinajstić information content (AvgIpc) is 1.88. The molecule has 3 aromatic carbocycles. The molecule has 0 bridgehead atoms. The van der Waals surface area contributed by atoms with E-state index in [0.717, 1.165) is 60.2 Å². The molecule has 2 saturated carbocycles. The summed E-state index contributed by atoms with van der Waals surface area (Å²) < 4.78 is 88.3. The zero-order valence-electron chi connectivity index (χ0n) is 52.2. The maximum Gasteiger partial charge on any atom is 0.251 e. The van der Waals surface area contributed by atoms with Crippen LogP contribution in [0.3, 0.4) is 0 Å².